The highest BCUT2D eigenvalue weighted by Gasteiger charge is 2.31. The summed E-state index contributed by atoms with van der Waals surface area (Å²) in [7, 11) is 1.42. The topological polar surface area (TPSA) is 92.8 Å². The molecule has 38 heavy (non-hydrogen) atoms. The zero-order chi connectivity index (χ0) is 26.3. The number of pyridine rings is 1. The number of aromatic nitrogens is 1. The Morgan fingerprint density at radius 3 is 2.45 bits per heavy atom. The minimum atomic E-state index is -0.297. The second kappa shape index (κ2) is 11.6. The highest BCUT2D eigenvalue weighted by Crippen LogP contribution is 2.37. The number of hydroxylamine groups is 1. The van der Waals surface area contributed by atoms with E-state index in [-0.39, 0.29) is 24.3 Å². The lowest BCUT2D eigenvalue weighted by Crippen LogP contribution is -2.54. The minimum absolute atomic E-state index is 0.00102. The zero-order valence-corrected chi connectivity index (χ0v) is 21.0. The Kier molecular flexibility index (Phi) is 7.61. The molecule has 1 fully saturated rings. The Hall–Kier alpha value is -4.69. The molecule has 1 aliphatic rings. The number of nitrogens with zero attached hydrogens (tertiary/aromatic N) is 2. The first-order valence-corrected chi connectivity index (χ1v) is 12.3. The van der Waals surface area contributed by atoms with Crippen LogP contribution in [0.2, 0.25) is 0 Å². The molecule has 0 atom stereocenters. The van der Waals surface area contributed by atoms with Crippen molar-refractivity contribution in [1.82, 2.24) is 10.5 Å². The normalized spacial score (nSPS) is 12.9. The number of hydrogen-bond donors (Lipinski definition) is 2. The van der Waals surface area contributed by atoms with Gasteiger partial charge in [0.2, 0.25) is 5.91 Å². The van der Waals surface area contributed by atoms with Crippen molar-refractivity contribution in [3.05, 3.63) is 108 Å². The predicted molar refractivity (Wildman–Crippen MR) is 146 cm³/mol. The highest BCUT2D eigenvalue weighted by molar-refractivity contribution is 6.04. The van der Waals surface area contributed by atoms with Crippen molar-refractivity contribution in [2.75, 3.05) is 30.4 Å². The third-order valence-electron chi connectivity index (χ3n) is 6.26. The van der Waals surface area contributed by atoms with Gasteiger partial charge in [-0.3, -0.25) is 19.4 Å². The summed E-state index contributed by atoms with van der Waals surface area (Å²) in [6.45, 7) is 1.36. The molecule has 4 aromatic rings. The van der Waals surface area contributed by atoms with Gasteiger partial charge in [-0.2, -0.15) is 0 Å². The van der Waals surface area contributed by atoms with E-state index in [0.717, 1.165) is 28.1 Å². The quantitative estimate of drug-likeness (QED) is 0.324. The first-order chi connectivity index (χ1) is 18.6. The van der Waals surface area contributed by atoms with Gasteiger partial charge in [-0.15, -0.1) is 0 Å². The molecule has 0 radical (unpaired) electrons. The van der Waals surface area contributed by atoms with Crippen LogP contribution in [0.5, 0.6) is 5.75 Å². The van der Waals surface area contributed by atoms with E-state index in [9.17, 15) is 9.59 Å². The number of amides is 2. The molecule has 1 aliphatic heterocycles. The van der Waals surface area contributed by atoms with Crippen LogP contribution < -0.4 is 20.4 Å². The fourth-order valence-electron chi connectivity index (χ4n) is 4.46. The summed E-state index contributed by atoms with van der Waals surface area (Å²) in [5, 5.41) is 2.90. The molecule has 2 amide bonds. The van der Waals surface area contributed by atoms with Crippen LogP contribution in [0, 0.1) is 0 Å². The monoisotopic (exact) mass is 508 g/mol. The summed E-state index contributed by atoms with van der Waals surface area (Å²) in [6, 6.07) is 26.6. The van der Waals surface area contributed by atoms with Crippen LogP contribution in [0.4, 0.5) is 11.4 Å². The van der Waals surface area contributed by atoms with Gasteiger partial charge in [0.15, 0.2) is 0 Å². The molecule has 2 heterocycles. The van der Waals surface area contributed by atoms with E-state index < -0.39 is 0 Å². The molecule has 2 N–H and O–H groups in total. The van der Waals surface area contributed by atoms with E-state index >= 15 is 0 Å². The summed E-state index contributed by atoms with van der Waals surface area (Å²) in [5.41, 5.74) is 7.32. The molecule has 0 unspecified atom stereocenters. The average molecular weight is 509 g/mol. The maximum Gasteiger partial charge on any atom is 0.275 e. The molecule has 5 rings (SSSR count). The number of ether oxygens (including phenoxy) is 1. The number of hydrogen-bond acceptors (Lipinski definition) is 6. The molecule has 0 bridgehead atoms. The van der Waals surface area contributed by atoms with Gasteiger partial charge in [0.25, 0.3) is 5.91 Å². The van der Waals surface area contributed by atoms with Crippen molar-refractivity contribution in [2.45, 2.75) is 12.5 Å². The minimum Gasteiger partial charge on any atom is -0.487 e. The second-order valence-electron chi connectivity index (χ2n) is 8.96. The summed E-state index contributed by atoms with van der Waals surface area (Å²) < 4.78 is 6.16. The molecule has 8 heteroatoms. The van der Waals surface area contributed by atoms with Crippen LogP contribution >= 0.6 is 0 Å². The van der Waals surface area contributed by atoms with E-state index in [4.69, 9.17) is 9.57 Å². The number of carbonyl (C=O) groups excluding carboxylic acids is 2. The van der Waals surface area contributed by atoms with Gasteiger partial charge in [0.1, 0.15) is 11.9 Å². The summed E-state index contributed by atoms with van der Waals surface area (Å²) in [4.78, 5) is 36.1. The maximum absolute atomic E-state index is 12.7. The van der Waals surface area contributed by atoms with Crippen molar-refractivity contribution >= 4 is 23.2 Å². The largest absolute Gasteiger partial charge is 0.487 e. The standard InChI is InChI=1S/C30H28N4O4/c1-37-33-30(36)26-10-5-11-27(29(26)22-8-3-2-4-9-22)34-19-25(20-34)38-24-14-12-23(13-15-24)32-28(35)17-21-7-6-16-31-18-21/h2-16,18,25H,17,19-20H2,1H3,(H,32,35)(H,33,36). The van der Waals surface area contributed by atoms with Crippen molar-refractivity contribution in [2.24, 2.45) is 0 Å². The van der Waals surface area contributed by atoms with E-state index in [1.165, 1.54) is 7.11 Å². The first-order valence-electron chi connectivity index (χ1n) is 12.3. The van der Waals surface area contributed by atoms with Crippen molar-refractivity contribution in [3.8, 4) is 16.9 Å². The van der Waals surface area contributed by atoms with Crippen LogP contribution in [0.1, 0.15) is 15.9 Å². The molecule has 192 valence electrons. The van der Waals surface area contributed by atoms with Gasteiger partial charge < -0.3 is 15.0 Å². The number of nitrogens with one attached hydrogen (secondary N) is 2. The molecule has 3 aromatic carbocycles. The Labute approximate surface area is 221 Å². The molecule has 1 saturated heterocycles. The highest BCUT2D eigenvalue weighted by atomic mass is 16.6. The summed E-state index contributed by atoms with van der Waals surface area (Å²) in [6.07, 6.45) is 3.64. The first kappa shape index (κ1) is 25.0. The van der Waals surface area contributed by atoms with Crippen LogP contribution in [-0.4, -0.2) is 43.1 Å². The molecule has 0 aliphatic carbocycles. The molecule has 8 nitrogen and oxygen atoms in total. The molecule has 1 aromatic heterocycles. The Morgan fingerprint density at radius 1 is 0.947 bits per heavy atom. The van der Waals surface area contributed by atoms with Gasteiger partial charge in [0, 0.05) is 29.3 Å². The fourth-order valence-corrected chi connectivity index (χ4v) is 4.46. The van der Waals surface area contributed by atoms with Gasteiger partial charge in [0.05, 0.1) is 32.2 Å². The van der Waals surface area contributed by atoms with E-state index in [2.05, 4.69) is 20.7 Å². The van der Waals surface area contributed by atoms with E-state index in [1.54, 1.807) is 18.5 Å². The lowest BCUT2D eigenvalue weighted by molar-refractivity contribution is -0.115. The van der Waals surface area contributed by atoms with Crippen LogP contribution in [0.3, 0.4) is 0 Å². The molecular formula is C30H28N4O4. The predicted octanol–water partition coefficient (Wildman–Crippen LogP) is 4.49. The number of rotatable bonds is 9. The lowest BCUT2D eigenvalue weighted by Gasteiger charge is -2.42. The van der Waals surface area contributed by atoms with E-state index in [0.29, 0.717) is 24.3 Å². The molecule has 0 spiro atoms. The van der Waals surface area contributed by atoms with Crippen molar-refractivity contribution < 1.29 is 19.2 Å². The molecular weight excluding hydrogens is 480 g/mol. The number of benzene rings is 3. The second-order valence-corrected chi connectivity index (χ2v) is 8.96. The molecule has 0 saturated carbocycles. The number of anilines is 2. The lowest BCUT2D eigenvalue weighted by atomic mass is 9.95. The summed E-state index contributed by atoms with van der Waals surface area (Å²) in [5.74, 6) is 0.336. The number of carbonyl (C=O) groups is 2. The van der Waals surface area contributed by atoms with Crippen LogP contribution in [-0.2, 0) is 16.1 Å². The van der Waals surface area contributed by atoms with Crippen molar-refractivity contribution in [1.29, 1.82) is 0 Å². The van der Waals surface area contributed by atoms with Gasteiger partial charge in [-0.05, 0) is 53.6 Å². The van der Waals surface area contributed by atoms with Crippen LogP contribution in [0.15, 0.2) is 97.3 Å². The smallest absolute Gasteiger partial charge is 0.275 e. The zero-order valence-electron chi connectivity index (χ0n) is 21.0. The Morgan fingerprint density at radius 2 is 1.74 bits per heavy atom. The fraction of sp³-hybridized carbons (Fsp3) is 0.167. The average Bonchev–Trinajstić information content (AvgIpc) is 2.92. The van der Waals surface area contributed by atoms with Gasteiger partial charge in [-0.1, -0.05) is 42.5 Å². The summed E-state index contributed by atoms with van der Waals surface area (Å²) >= 11 is 0. The van der Waals surface area contributed by atoms with Crippen LogP contribution in [0.25, 0.3) is 11.1 Å². The van der Waals surface area contributed by atoms with E-state index in [1.807, 2.05) is 78.9 Å². The maximum atomic E-state index is 12.7. The van der Waals surface area contributed by atoms with Gasteiger partial charge >= 0.3 is 0 Å². The third kappa shape index (κ3) is 5.82. The Balaban J connectivity index is 1.22. The Bertz CT molecular complexity index is 1390. The van der Waals surface area contributed by atoms with Gasteiger partial charge in [-0.25, -0.2) is 5.48 Å². The third-order valence-corrected chi connectivity index (χ3v) is 6.26. The SMILES string of the molecule is CONC(=O)c1cccc(N2CC(Oc3ccc(NC(=O)Cc4cccnc4)cc3)C2)c1-c1ccccc1. The van der Waals surface area contributed by atoms with Crippen molar-refractivity contribution in [3.63, 3.8) is 0 Å².